The largest absolute Gasteiger partial charge is 0.444 e. The number of nitrogens with zero attached hydrogens (tertiary/aromatic N) is 1. The first-order chi connectivity index (χ1) is 10.7. The summed E-state index contributed by atoms with van der Waals surface area (Å²) in [6.45, 7) is 6.51. The van der Waals surface area contributed by atoms with E-state index in [1.165, 1.54) is 0 Å². The van der Waals surface area contributed by atoms with E-state index in [9.17, 15) is 9.59 Å². The number of halogens is 1. The van der Waals surface area contributed by atoms with Gasteiger partial charge in [0.15, 0.2) is 0 Å². The Morgan fingerprint density at radius 2 is 1.91 bits per heavy atom. The number of carbonyl (C=O) groups excluding carboxylic acids is 2. The lowest BCUT2D eigenvalue weighted by Crippen LogP contribution is -2.45. The minimum atomic E-state index is -0.532. The van der Waals surface area contributed by atoms with E-state index in [-0.39, 0.29) is 17.9 Å². The molecule has 1 N–H and O–H groups in total. The van der Waals surface area contributed by atoms with E-state index < -0.39 is 5.60 Å². The van der Waals surface area contributed by atoms with Gasteiger partial charge in [0.1, 0.15) is 5.60 Å². The molecular weight excluding hydrogens is 316 g/mol. The van der Waals surface area contributed by atoms with Crippen molar-refractivity contribution < 1.29 is 14.3 Å². The third-order valence-corrected chi connectivity index (χ3v) is 3.81. The second-order valence-electron chi connectivity index (χ2n) is 6.76. The van der Waals surface area contributed by atoms with E-state index >= 15 is 0 Å². The van der Waals surface area contributed by atoms with Gasteiger partial charge in [0.25, 0.3) is 0 Å². The second-order valence-corrected chi connectivity index (χ2v) is 7.20. The van der Waals surface area contributed by atoms with Crippen LogP contribution in [0.25, 0.3) is 0 Å². The first kappa shape index (κ1) is 17.6. The molecule has 1 aromatic rings. The van der Waals surface area contributed by atoms with Crippen LogP contribution in [-0.2, 0) is 9.53 Å². The fraction of sp³-hybridized carbons (Fsp3) is 0.529. The average molecular weight is 339 g/mol. The zero-order chi connectivity index (χ0) is 17.0. The van der Waals surface area contributed by atoms with Gasteiger partial charge in [-0.2, -0.15) is 0 Å². The van der Waals surface area contributed by atoms with Crippen molar-refractivity contribution in [2.24, 2.45) is 5.92 Å². The van der Waals surface area contributed by atoms with Crippen LogP contribution in [0.15, 0.2) is 24.3 Å². The quantitative estimate of drug-likeness (QED) is 0.889. The highest BCUT2D eigenvalue weighted by Crippen LogP contribution is 2.21. The van der Waals surface area contributed by atoms with Crippen molar-refractivity contribution in [1.29, 1.82) is 0 Å². The molecule has 2 amide bonds. The van der Waals surface area contributed by atoms with Gasteiger partial charge in [-0.25, -0.2) is 4.79 Å². The molecule has 1 unspecified atom stereocenters. The number of ether oxygens (including phenoxy) is 1. The highest BCUT2D eigenvalue weighted by molar-refractivity contribution is 6.30. The predicted molar refractivity (Wildman–Crippen MR) is 90.6 cm³/mol. The molecule has 0 aliphatic carbocycles. The maximum atomic E-state index is 12.4. The number of rotatable bonds is 2. The molecule has 0 bridgehead atoms. The van der Waals surface area contributed by atoms with Crippen molar-refractivity contribution in [2.45, 2.75) is 39.2 Å². The topological polar surface area (TPSA) is 58.6 Å². The fourth-order valence-electron chi connectivity index (χ4n) is 2.46. The number of carbonyl (C=O) groups is 2. The molecule has 126 valence electrons. The summed E-state index contributed by atoms with van der Waals surface area (Å²) in [4.78, 5) is 26.1. The second kappa shape index (κ2) is 7.21. The van der Waals surface area contributed by atoms with Crippen LogP contribution < -0.4 is 5.32 Å². The fourth-order valence-corrected chi connectivity index (χ4v) is 2.59. The Hall–Kier alpha value is -1.75. The monoisotopic (exact) mass is 338 g/mol. The first-order valence-corrected chi connectivity index (χ1v) is 8.17. The van der Waals surface area contributed by atoms with Crippen LogP contribution in [0.4, 0.5) is 10.5 Å². The molecule has 1 aliphatic rings. The zero-order valence-electron chi connectivity index (χ0n) is 13.8. The van der Waals surface area contributed by atoms with Crippen LogP contribution in [0, 0.1) is 5.92 Å². The highest BCUT2D eigenvalue weighted by Gasteiger charge is 2.31. The summed E-state index contributed by atoms with van der Waals surface area (Å²) in [6.07, 6.45) is 1.19. The molecular formula is C17H23ClN2O3. The summed E-state index contributed by atoms with van der Waals surface area (Å²) >= 11 is 5.83. The summed E-state index contributed by atoms with van der Waals surface area (Å²) in [5, 5.41) is 3.49. The van der Waals surface area contributed by atoms with Crippen molar-refractivity contribution >= 4 is 29.3 Å². The van der Waals surface area contributed by atoms with Gasteiger partial charge in [-0.1, -0.05) is 11.6 Å². The van der Waals surface area contributed by atoms with E-state index in [1.807, 2.05) is 20.8 Å². The molecule has 1 atom stereocenters. The van der Waals surface area contributed by atoms with Crippen molar-refractivity contribution in [2.75, 3.05) is 18.4 Å². The third kappa shape index (κ3) is 5.43. The first-order valence-electron chi connectivity index (χ1n) is 7.79. The third-order valence-electron chi connectivity index (χ3n) is 3.56. The summed E-state index contributed by atoms with van der Waals surface area (Å²) in [5.74, 6) is -0.312. The minimum absolute atomic E-state index is 0.0828. The Kier molecular flexibility index (Phi) is 5.52. The summed E-state index contributed by atoms with van der Waals surface area (Å²) < 4.78 is 5.38. The Labute approximate surface area is 141 Å². The van der Waals surface area contributed by atoms with Crippen molar-refractivity contribution in [3.8, 4) is 0 Å². The lowest BCUT2D eigenvalue weighted by molar-refractivity contribution is -0.121. The van der Waals surface area contributed by atoms with Crippen LogP contribution in [-0.4, -0.2) is 35.6 Å². The van der Waals surface area contributed by atoms with Crippen molar-refractivity contribution in [1.82, 2.24) is 4.90 Å². The molecule has 0 saturated carbocycles. The molecule has 2 rings (SSSR count). The van der Waals surface area contributed by atoms with Crippen LogP contribution in [0.1, 0.15) is 33.6 Å². The highest BCUT2D eigenvalue weighted by atomic mass is 35.5. The molecule has 1 fully saturated rings. The van der Waals surface area contributed by atoms with Crippen molar-refractivity contribution in [3.05, 3.63) is 29.3 Å². The van der Waals surface area contributed by atoms with E-state index in [2.05, 4.69) is 5.32 Å². The summed E-state index contributed by atoms with van der Waals surface area (Å²) in [5.41, 5.74) is 0.170. The molecule has 0 radical (unpaired) electrons. The lowest BCUT2D eigenvalue weighted by Gasteiger charge is -2.33. The number of hydrogen-bond donors (Lipinski definition) is 1. The van der Waals surface area contributed by atoms with Crippen LogP contribution in [0.3, 0.4) is 0 Å². The van der Waals surface area contributed by atoms with Crippen molar-refractivity contribution in [3.63, 3.8) is 0 Å². The van der Waals surface area contributed by atoms with Gasteiger partial charge < -0.3 is 15.0 Å². The number of piperidine rings is 1. The predicted octanol–water partition coefficient (Wildman–Crippen LogP) is 3.93. The molecule has 5 nitrogen and oxygen atoms in total. The molecule has 1 saturated heterocycles. The normalized spacial score (nSPS) is 18.4. The Balaban J connectivity index is 1.93. The van der Waals surface area contributed by atoms with Crippen LogP contribution >= 0.6 is 11.6 Å². The number of likely N-dealkylation sites (tertiary alicyclic amines) is 1. The Morgan fingerprint density at radius 1 is 1.26 bits per heavy atom. The standard InChI is InChI=1S/C17H23ClN2O3/c1-17(2,3)23-16(22)20-10-4-5-12(11-20)15(21)19-14-8-6-13(18)7-9-14/h6-9,12H,4-5,10-11H2,1-3H3,(H,19,21). The molecule has 6 heteroatoms. The van der Waals surface area contributed by atoms with E-state index in [1.54, 1.807) is 29.2 Å². The average Bonchev–Trinajstić information content (AvgIpc) is 2.48. The number of benzene rings is 1. The van der Waals surface area contributed by atoms with E-state index in [0.29, 0.717) is 23.8 Å². The molecule has 23 heavy (non-hydrogen) atoms. The smallest absolute Gasteiger partial charge is 0.410 e. The number of nitrogens with one attached hydrogen (secondary N) is 1. The number of hydrogen-bond acceptors (Lipinski definition) is 3. The Bertz CT molecular complexity index is 566. The van der Waals surface area contributed by atoms with Gasteiger partial charge in [-0.3, -0.25) is 4.79 Å². The SMILES string of the molecule is CC(C)(C)OC(=O)N1CCCC(C(=O)Nc2ccc(Cl)cc2)C1. The molecule has 0 spiro atoms. The number of anilines is 1. The van der Waals surface area contributed by atoms with E-state index in [0.717, 1.165) is 12.8 Å². The van der Waals surface area contributed by atoms with Gasteiger partial charge >= 0.3 is 6.09 Å². The lowest BCUT2D eigenvalue weighted by atomic mass is 9.97. The van der Waals surface area contributed by atoms with Crippen LogP contribution in [0.5, 0.6) is 0 Å². The Morgan fingerprint density at radius 3 is 2.52 bits per heavy atom. The molecule has 1 aliphatic heterocycles. The van der Waals surface area contributed by atoms with E-state index in [4.69, 9.17) is 16.3 Å². The van der Waals surface area contributed by atoms with Gasteiger partial charge in [0.2, 0.25) is 5.91 Å². The summed E-state index contributed by atoms with van der Waals surface area (Å²) in [7, 11) is 0. The maximum absolute atomic E-state index is 12.4. The molecule has 1 aromatic carbocycles. The van der Waals surface area contributed by atoms with Crippen LogP contribution in [0.2, 0.25) is 5.02 Å². The van der Waals surface area contributed by atoms with Gasteiger partial charge in [0, 0.05) is 23.8 Å². The van der Waals surface area contributed by atoms with Gasteiger partial charge in [-0.05, 0) is 57.9 Å². The van der Waals surface area contributed by atoms with Gasteiger partial charge in [-0.15, -0.1) is 0 Å². The molecule has 0 aromatic heterocycles. The maximum Gasteiger partial charge on any atom is 0.410 e. The molecule has 1 heterocycles. The van der Waals surface area contributed by atoms with Gasteiger partial charge in [0.05, 0.1) is 5.92 Å². The zero-order valence-corrected chi connectivity index (χ0v) is 14.5. The number of amides is 2. The summed E-state index contributed by atoms with van der Waals surface area (Å²) in [6, 6.07) is 6.97. The minimum Gasteiger partial charge on any atom is -0.444 e.